The molecule has 0 radical (unpaired) electrons. The lowest BCUT2D eigenvalue weighted by Crippen LogP contribution is -2.47. The van der Waals surface area contributed by atoms with Gasteiger partial charge in [0.25, 0.3) is 0 Å². The molecule has 0 aromatic carbocycles. The molecule has 0 atom stereocenters. The van der Waals surface area contributed by atoms with E-state index in [1.807, 2.05) is 11.9 Å². The van der Waals surface area contributed by atoms with Gasteiger partial charge in [0, 0.05) is 32.6 Å². The zero-order valence-electron chi connectivity index (χ0n) is 9.25. The summed E-state index contributed by atoms with van der Waals surface area (Å²) in [5.74, 6) is 0.313. The molecule has 1 fully saturated rings. The van der Waals surface area contributed by atoms with Crippen molar-refractivity contribution >= 4 is 5.91 Å². The molecule has 4 nitrogen and oxygen atoms in total. The number of carbonyl (C=O) groups excluding carboxylic acids is 1. The zero-order valence-corrected chi connectivity index (χ0v) is 9.25. The first-order chi connectivity index (χ1) is 6.74. The number of hydrogen-bond donors (Lipinski definition) is 1. The first-order valence-electron chi connectivity index (χ1n) is 5.35. The molecule has 1 N–H and O–H groups in total. The van der Waals surface area contributed by atoms with Crippen LogP contribution in [0.3, 0.4) is 0 Å². The molecule has 82 valence electrons. The van der Waals surface area contributed by atoms with Crippen LogP contribution in [-0.2, 0) is 4.79 Å². The van der Waals surface area contributed by atoms with Crippen LogP contribution in [0.4, 0.5) is 0 Å². The summed E-state index contributed by atoms with van der Waals surface area (Å²) in [6, 6.07) is 0. The lowest BCUT2D eigenvalue weighted by Gasteiger charge is -2.32. The van der Waals surface area contributed by atoms with Crippen LogP contribution in [0.1, 0.15) is 12.8 Å². The van der Waals surface area contributed by atoms with Crippen LogP contribution in [-0.4, -0.2) is 62.5 Å². The van der Waals surface area contributed by atoms with Crippen LogP contribution >= 0.6 is 0 Å². The third kappa shape index (κ3) is 3.64. The van der Waals surface area contributed by atoms with Gasteiger partial charge in [0.15, 0.2) is 0 Å². The van der Waals surface area contributed by atoms with Crippen molar-refractivity contribution in [3.05, 3.63) is 0 Å². The van der Waals surface area contributed by atoms with E-state index < -0.39 is 0 Å². The molecule has 0 bridgehead atoms. The molecule has 0 saturated carbocycles. The summed E-state index contributed by atoms with van der Waals surface area (Å²) >= 11 is 0. The van der Waals surface area contributed by atoms with Crippen LogP contribution < -0.4 is 5.32 Å². The lowest BCUT2D eigenvalue weighted by molar-refractivity contribution is -0.132. The SMILES string of the molecule is CNCCCC(=O)N1CCN(C)CC1. The second kappa shape index (κ2) is 5.98. The Morgan fingerprint density at radius 1 is 1.29 bits per heavy atom. The van der Waals surface area contributed by atoms with Crippen molar-refractivity contribution in [2.75, 3.05) is 46.8 Å². The fourth-order valence-corrected chi connectivity index (χ4v) is 1.63. The van der Waals surface area contributed by atoms with E-state index in [0.717, 1.165) is 39.1 Å². The molecule has 1 aliphatic rings. The van der Waals surface area contributed by atoms with E-state index in [-0.39, 0.29) is 0 Å². The number of nitrogens with one attached hydrogen (secondary N) is 1. The van der Waals surface area contributed by atoms with E-state index in [2.05, 4.69) is 17.3 Å². The molecule has 4 heteroatoms. The summed E-state index contributed by atoms with van der Waals surface area (Å²) in [5.41, 5.74) is 0. The van der Waals surface area contributed by atoms with Crippen molar-refractivity contribution in [1.82, 2.24) is 15.1 Å². The molecule has 0 spiro atoms. The first-order valence-corrected chi connectivity index (χ1v) is 5.35. The molecule has 0 aromatic rings. The highest BCUT2D eigenvalue weighted by molar-refractivity contribution is 5.76. The van der Waals surface area contributed by atoms with Crippen LogP contribution in [0.15, 0.2) is 0 Å². The molecule has 0 aromatic heterocycles. The Balaban J connectivity index is 2.17. The number of rotatable bonds is 4. The van der Waals surface area contributed by atoms with E-state index in [9.17, 15) is 4.79 Å². The van der Waals surface area contributed by atoms with Gasteiger partial charge < -0.3 is 15.1 Å². The standard InChI is InChI=1S/C10H21N3O/c1-11-5-3-4-10(14)13-8-6-12(2)7-9-13/h11H,3-9H2,1-2H3. The van der Waals surface area contributed by atoms with Gasteiger partial charge in [0.2, 0.25) is 5.91 Å². The molecular weight excluding hydrogens is 178 g/mol. The fourth-order valence-electron chi connectivity index (χ4n) is 1.63. The Morgan fingerprint density at radius 2 is 1.93 bits per heavy atom. The van der Waals surface area contributed by atoms with Crippen molar-refractivity contribution in [2.24, 2.45) is 0 Å². The molecule has 1 aliphatic heterocycles. The summed E-state index contributed by atoms with van der Waals surface area (Å²) in [7, 11) is 4.02. The van der Waals surface area contributed by atoms with Gasteiger partial charge in [-0.05, 0) is 27.1 Å². The van der Waals surface area contributed by atoms with Crippen molar-refractivity contribution in [3.8, 4) is 0 Å². The second-order valence-electron chi connectivity index (χ2n) is 3.89. The summed E-state index contributed by atoms with van der Waals surface area (Å²) in [4.78, 5) is 15.9. The van der Waals surface area contributed by atoms with Crippen molar-refractivity contribution in [2.45, 2.75) is 12.8 Å². The third-order valence-electron chi connectivity index (χ3n) is 2.67. The third-order valence-corrected chi connectivity index (χ3v) is 2.67. The number of piperazine rings is 1. The van der Waals surface area contributed by atoms with Crippen molar-refractivity contribution in [1.29, 1.82) is 0 Å². The minimum absolute atomic E-state index is 0.313. The predicted molar refractivity (Wildman–Crippen MR) is 57.2 cm³/mol. The molecule has 0 unspecified atom stereocenters. The van der Waals surface area contributed by atoms with E-state index >= 15 is 0 Å². The van der Waals surface area contributed by atoms with E-state index in [1.54, 1.807) is 0 Å². The monoisotopic (exact) mass is 199 g/mol. The molecular formula is C10H21N3O. The quantitative estimate of drug-likeness (QED) is 0.635. The largest absolute Gasteiger partial charge is 0.340 e. The minimum atomic E-state index is 0.313. The number of amides is 1. The Labute approximate surface area is 86.2 Å². The number of likely N-dealkylation sites (N-methyl/N-ethyl adjacent to an activating group) is 1. The highest BCUT2D eigenvalue weighted by atomic mass is 16.2. The van der Waals surface area contributed by atoms with Gasteiger partial charge in [-0.1, -0.05) is 0 Å². The summed E-state index contributed by atoms with van der Waals surface area (Å²) < 4.78 is 0. The highest BCUT2D eigenvalue weighted by Crippen LogP contribution is 2.02. The minimum Gasteiger partial charge on any atom is -0.340 e. The van der Waals surface area contributed by atoms with E-state index in [1.165, 1.54) is 0 Å². The summed E-state index contributed by atoms with van der Waals surface area (Å²) in [6.07, 6.45) is 1.63. The topological polar surface area (TPSA) is 35.6 Å². The second-order valence-corrected chi connectivity index (χ2v) is 3.89. The predicted octanol–water partition coefficient (Wildman–Crippen LogP) is -0.240. The smallest absolute Gasteiger partial charge is 0.222 e. The van der Waals surface area contributed by atoms with Crippen LogP contribution in [0, 0.1) is 0 Å². The van der Waals surface area contributed by atoms with Gasteiger partial charge >= 0.3 is 0 Å². The Morgan fingerprint density at radius 3 is 2.50 bits per heavy atom. The number of hydrogen-bond acceptors (Lipinski definition) is 3. The molecule has 0 aliphatic carbocycles. The molecule has 1 rings (SSSR count). The maximum Gasteiger partial charge on any atom is 0.222 e. The van der Waals surface area contributed by atoms with Gasteiger partial charge in [-0.15, -0.1) is 0 Å². The fraction of sp³-hybridized carbons (Fsp3) is 0.900. The Kier molecular flexibility index (Phi) is 4.90. The van der Waals surface area contributed by atoms with Gasteiger partial charge in [-0.25, -0.2) is 0 Å². The highest BCUT2D eigenvalue weighted by Gasteiger charge is 2.17. The maximum absolute atomic E-state index is 11.7. The normalized spacial score (nSPS) is 18.6. The number of carbonyl (C=O) groups is 1. The maximum atomic E-state index is 11.7. The Bertz CT molecular complexity index is 176. The Hall–Kier alpha value is -0.610. The summed E-state index contributed by atoms with van der Waals surface area (Å²) in [5, 5.41) is 3.05. The van der Waals surface area contributed by atoms with Crippen molar-refractivity contribution in [3.63, 3.8) is 0 Å². The molecule has 1 amide bonds. The van der Waals surface area contributed by atoms with Gasteiger partial charge in [0.05, 0.1) is 0 Å². The average Bonchev–Trinajstić information content (AvgIpc) is 2.19. The molecule has 1 heterocycles. The van der Waals surface area contributed by atoms with Crippen LogP contribution in [0.25, 0.3) is 0 Å². The summed E-state index contributed by atoms with van der Waals surface area (Å²) in [6.45, 7) is 4.75. The van der Waals surface area contributed by atoms with Gasteiger partial charge in [0.1, 0.15) is 0 Å². The lowest BCUT2D eigenvalue weighted by atomic mass is 10.2. The first kappa shape index (κ1) is 11.5. The van der Waals surface area contributed by atoms with E-state index in [0.29, 0.717) is 12.3 Å². The van der Waals surface area contributed by atoms with Crippen molar-refractivity contribution < 1.29 is 4.79 Å². The zero-order chi connectivity index (χ0) is 10.4. The van der Waals surface area contributed by atoms with Gasteiger partial charge in [-0.3, -0.25) is 4.79 Å². The van der Waals surface area contributed by atoms with Crippen LogP contribution in [0.5, 0.6) is 0 Å². The average molecular weight is 199 g/mol. The molecule has 14 heavy (non-hydrogen) atoms. The van der Waals surface area contributed by atoms with Crippen LogP contribution in [0.2, 0.25) is 0 Å². The molecule has 1 saturated heterocycles. The van der Waals surface area contributed by atoms with E-state index in [4.69, 9.17) is 0 Å². The van der Waals surface area contributed by atoms with Gasteiger partial charge in [-0.2, -0.15) is 0 Å². The number of nitrogens with zero attached hydrogens (tertiary/aromatic N) is 2.